The number of hydrogen-bond donors (Lipinski definition) is 0. The standard InChI is InChI=1S/C43H40/c1-28(2)32-20-10-11-21-33(32)38-27-40-39(26-29(38)3)41-36-24-14-12-22-34(36)35-23-13-15-25-37(35)42(41)43(40,30-16-6-4-7-17-30)31-18-8-5-9-19-31/h4-8,10-12,14-18,20-21,25-28H,9,13,19,22-24H2,1-3H3. The SMILES string of the molecule is Cc1cc2c(cc1-c1ccccc1C(C)C)C(C1=CC=CCC1)(c1ccccc1)c1c3c(c4c(c1-2)CC=CC4)CCC=C3. The van der Waals surface area contributed by atoms with Crippen LogP contribution in [-0.4, -0.2) is 0 Å². The zero-order valence-corrected chi connectivity index (χ0v) is 25.7. The second kappa shape index (κ2) is 10.2. The Hall–Kier alpha value is -4.16. The van der Waals surface area contributed by atoms with Gasteiger partial charge in [0, 0.05) is 0 Å². The highest BCUT2D eigenvalue weighted by Crippen LogP contribution is 2.62. The normalized spacial score (nSPS) is 19.6. The largest absolute Gasteiger partial charge is 0.0842 e. The zero-order chi connectivity index (χ0) is 29.1. The van der Waals surface area contributed by atoms with Crippen molar-refractivity contribution in [2.75, 3.05) is 0 Å². The van der Waals surface area contributed by atoms with Crippen LogP contribution in [0.4, 0.5) is 0 Å². The van der Waals surface area contributed by atoms with Crippen LogP contribution in [0.2, 0.25) is 0 Å². The van der Waals surface area contributed by atoms with Gasteiger partial charge < -0.3 is 0 Å². The van der Waals surface area contributed by atoms with Gasteiger partial charge in [-0.15, -0.1) is 0 Å². The highest BCUT2D eigenvalue weighted by Gasteiger charge is 2.50. The van der Waals surface area contributed by atoms with Crippen molar-refractivity contribution < 1.29 is 0 Å². The van der Waals surface area contributed by atoms with Gasteiger partial charge in [0.15, 0.2) is 0 Å². The summed E-state index contributed by atoms with van der Waals surface area (Å²) in [6.45, 7) is 6.98. The quantitative estimate of drug-likeness (QED) is 0.219. The first-order valence-corrected chi connectivity index (χ1v) is 16.3. The summed E-state index contributed by atoms with van der Waals surface area (Å²) in [7, 11) is 0. The molecule has 0 saturated carbocycles. The van der Waals surface area contributed by atoms with Crippen LogP contribution >= 0.6 is 0 Å². The number of allylic oxidation sites excluding steroid dienone is 7. The Morgan fingerprint density at radius 3 is 2.26 bits per heavy atom. The molecule has 212 valence electrons. The average molecular weight is 557 g/mol. The van der Waals surface area contributed by atoms with Gasteiger partial charge in [0.2, 0.25) is 0 Å². The molecule has 4 aliphatic carbocycles. The maximum absolute atomic E-state index is 2.61. The molecule has 0 nitrogen and oxygen atoms in total. The molecule has 0 heterocycles. The summed E-state index contributed by atoms with van der Waals surface area (Å²) >= 11 is 0. The first-order chi connectivity index (χ1) is 21.1. The first kappa shape index (κ1) is 26.5. The van der Waals surface area contributed by atoms with E-state index in [4.69, 9.17) is 0 Å². The van der Waals surface area contributed by atoms with Crippen LogP contribution in [0.5, 0.6) is 0 Å². The van der Waals surface area contributed by atoms with E-state index >= 15 is 0 Å². The summed E-state index contributed by atoms with van der Waals surface area (Å²) in [6.07, 6.45) is 23.3. The number of benzene rings is 4. The van der Waals surface area contributed by atoms with Gasteiger partial charge in [-0.2, -0.15) is 0 Å². The average Bonchev–Trinajstić information content (AvgIpc) is 3.36. The van der Waals surface area contributed by atoms with Crippen molar-refractivity contribution in [3.05, 3.63) is 159 Å². The summed E-state index contributed by atoms with van der Waals surface area (Å²) in [5.74, 6) is 0.460. The smallest absolute Gasteiger partial charge is 0.0682 e. The molecule has 0 aliphatic heterocycles. The van der Waals surface area contributed by atoms with E-state index in [0.717, 1.165) is 38.5 Å². The van der Waals surface area contributed by atoms with Gasteiger partial charge >= 0.3 is 0 Å². The van der Waals surface area contributed by atoms with Crippen molar-refractivity contribution in [1.82, 2.24) is 0 Å². The minimum Gasteiger partial charge on any atom is -0.0842 e. The molecule has 0 spiro atoms. The molecule has 4 aliphatic rings. The summed E-state index contributed by atoms with van der Waals surface area (Å²) < 4.78 is 0. The van der Waals surface area contributed by atoms with Gasteiger partial charge in [0.05, 0.1) is 5.41 Å². The third-order valence-corrected chi connectivity index (χ3v) is 10.5. The predicted octanol–water partition coefficient (Wildman–Crippen LogP) is 11.0. The van der Waals surface area contributed by atoms with Gasteiger partial charge in [0.25, 0.3) is 0 Å². The lowest BCUT2D eigenvalue weighted by Crippen LogP contribution is -2.32. The van der Waals surface area contributed by atoms with Crippen LogP contribution in [0.1, 0.15) is 89.1 Å². The molecule has 8 rings (SSSR count). The number of aryl methyl sites for hydroxylation is 1. The van der Waals surface area contributed by atoms with Crippen LogP contribution in [0.25, 0.3) is 28.3 Å². The molecular formula is C43H40. The lowest BCUT2D eigenvalue weighted by Gasteiger charge is -2.39. The second-order valence-corrected chi connectivity index (χ2v) is 13.1. The van der Waals surface area contributed by atoms with Crippen LogP contribution in [0.15, 0.2) is 109 Å². The lowest BCUT2D eigenvalue weighted by molar-refractivity contribution is 0.688. The van der Waals surface area contributed by atoms with Gasteiger partial charge in [-0.1, -0.05) is 123 Å². The molecule has 0 aromatic heterocycles. The van der Waals surface area contributed by atoms with Crippen molar-refractivity contribution in [3.63, 3.8) is 0 Å². The summed E-state index contributed by atoms with van der Waals surface area (Å²) in [6, 6.07) is 25.7. The fourth-order valence-corrected chi connectivity index (χ4v) is 8.71. The third-order valence-electron chi connectivity index (χ3n) is 10.5. The fourth-order valence-electron chi connectivity index (χ4n) is 8.71. The van der Waals surface area contributed by atoms with Crippen molar-refractivity contribution in [2.45, 2.75) is 70.6 Å². The van der Waals surface area contributed by atoms with Gasteiger partial charge in [-0.05, 0) is 130 Å². The molecule has 1 atom stereocenters. The number of fused-ring (bicyclic) bond motifs is 8. The van der Waals surface area contributed by atoms with Gasteiger partial charge in [-0.25, -0.2) is 0 Å². The van der Waals surface area contributed by atoms with Crippen LogP contribution in [-0.2, 0) is 24.7 Å². The second-order valence-electron chi connectivity index (χ2n) is 13.1. The molecule has 0 fully saturated rings. The predicted molar refractivity (Wildman–Crippen MR) is 183 cm³/mol. The molecule has 0 saturated heterocycles. The Morgan fingerprint density at radius 2 is 1.47 bits per heavy atom. The van der Waals surface area contributed by atoms with E-state index in [1.807, 2.05) is 0 Å². The third kappa shape index (κ3) is 3.82. The van der Waals surface area contributed by atoms with E-state index in [1.54, 1.807) is 22.3 Å². The highest BCUT2D eigenvalue weighted by molar-refractivity contribution is 5.95. The molecule has 4 aromatic rings. The minimum atomic E-state index is -0.326. The Morgan fingerprint density at radius 1 is 0.698 bits per heavy atom. The maximum Gasteiger partial charge on any atom is 0.0682 e. The Bertz CT molecular complexity index is 1890. The summed E-state index contributed by atoms with van der Waals surface area (Å²) in [5, 5.41) is 0. The Labute approximate surface area is 257 Å². The first-order valence-electron chi connectivity index (χ1n) is 16.3. The molecule has 43 heavy (non-hydrogen) atoms. The van der Waals surface area contributed by atoms with E-state index in [2.05, 4.69) is 130 Å². The Balaban J connectivity index is 1.57. The van der Waals surface area contributed by atoms with Crippen LogP contribution < -0.4 is 0 Å². The molecule has 0 radical (unpaired) electrons. The van der Waals surface area contributed by atoms with Gasteiger partial charge in [-0.3, -0.25) is 0 Å². The summed E-state index contributed by atoms with van der Waals surface area (Å²) in [4.78, 5) is 0. The molecule has 4 aromatic carbocycles. The lowest BCUT2D eigenvalue weighted by atomic mass is 9.62. The van der Waals surface area contributed by atoms with Crippen molar-refractivity contribution in [3.8, 4) is 22.3 Å². The maximum atomic E-state index is 2.61. The zero-order valence-electron chi connectivity index (χ0n) is 25.7. The van der Waals surface area contributed by atoms with Crippen molar-refractivity contribution in [2.24, 2.45) is 0 Å². The van der Waals surface area contributed by atoms with Crippen molar-refractivity contribution >= 4 is 6.08 Å². The highest BCUT2D eigenvalue weighted by atomic mass is 14.5. The van der Waals surface area contributed by atoms with E-state index in [1.165, 1.54) is 55.6 Å². The van der Waals surface area contributed by atoms with Crippen molar-refractivity contribution in [1.29, 1.82) is 0 Å². The number of hydrogen-bond acceptors (Lipinski definition) is 0. The van der Waals surface area contributed by atoms with Gasteiger partial charge in [0.1, 0.15) is 0 Å². The Kier molecular flexibility index (Phi) is 6.30. The molecule has 1 unspecified atom stereocenters. The van der Waals surface area contributed by atoms with E-state index in [-0.39, 0.29) is 5.41 Å². The fraction of sp³-hybridized carbons (Fsp3) is 0.256. The topological polar surface area (TPSA) is 0 Å². The van der Waals surface area contributed by atoms with E-state index in [9.17, 15) is 0 Å². The molecule has 0 N–H and O–H groups in total. The minimum absolute atomic E-state index is 0.326. The monoisotopic (exact) mass is 556 g/mol. The van der Waals surface area contributed by atoms with E-state index in [0.29, 0.717) is 5.92 Å². The molecule has 0 amide bonds. The molecular weight excluding hydrogens is 516 g/mol. The number of rotatable bonds is 4. The molecule has 0 bridgehead atoms. The van der Waals surface area contributed by atoms with Crippen LogP contribution in [0, 0.1) is 6.92 Å². The van der Waals surface area contributed by atoms with Crippen LogP contribution in [0.3, 0.4) is 0 Å². The summed E-state index contributed by atoms with van der Waals surface area (Å²) in [5.41, 5.74) is 20.4. The van der Waals surface area contributed by atoms with E-state index < -0.39 is 0 Å². The molecule has 0 heteroatoms.